The van der Waals surface area contributed by atoms with Crippen LogP contribution in [0.15, 0.2) is 29.4 Å². The van der Waals surface area contributed by atoms with Gasteiger partial charge in [0.1, 0.15) is 0 Å². The van der Waals surface area contributed by atoms with E-state index in [4.69, 9.17) is 0 Å². The molecule has 64 valence electrons. The predicted octanol–water partition coefficient (Wildman–Crippen LogP) is 0.402. The maximum Gasteiger partial charge on any atom is 0.256 e. The van der Waals surface area contributed by atoms with Gasteiger partial charge in [-0.2, -0.15) is 0 Å². The minimum absolute atomic E-state index is 0.197. The van der Waals surface area contributed by atoms with Crippen LogP contribution >= 0.6 is 0 Å². The van der Waals surface area contributed by atoms with Crippen LogP contribution in [0.1, 0.15) is 6.92 Å². The van der Waals surface area contributed by atoms with Crippen LogP contribution in [0.25, 0.3) is 0 Å². The first kappa shape index (κ1) is 8.86. The highest BCUT2D eigenvalue weighted by atomic mass is 32.2. The van der Waals surface area contributed by atoms with E-state index in [0.29, 0.717) is 0 Å². The van der Waals surface area contributed by atoms with Crippen LogP contribution < -0.4 is 0 Å². The lowest BCUT2D eigenvalue weighted by Crippen LogP contribution is -2.12. The van der Waals surface area contributed by atoms with Gasteiger partial charge in [-0.05, 0) is 12.1 Å². The van der Waals surface area contributed by atoms with Crippen LogP contribution in [0.2, 0.25) is 0 Å². The molecule has 0 bridgehead atoms. The van der Waals surface area contributed by atoms with E-state index < -0.39 is 15.0 Å². The fraction of sp³-hybridized carbons (Fsp3) is 0.143. The van der Waals surface area contributed by atoms with Crippen LogP contribution in [-0.4, -0.2) is 18.5 Å². The Morgan fingerprint density at radius 1 is 1.42 bits per heavy atom. The van der Waals surface area contributed by atoms with Crippen LogP contribution in [0, 0.1) is 0 Å². The van der Waals surface area contributed by atoms with Crippen LogP contribution in [0.5, 0.6) is 0 Å². The molecule has 1 aromatic rings. The van der Waals surface area contributed by atoms with E-state index in [1.54, 1.807) is 6.07 Å². The minimum atomic E-state index is -3.83. The molecular formula is C7H7NO3S. The summed E-state index contributed by atoms with van der Waals surface area (Å²) in [6, 6.07) is 4.39. The summed E-state index contributed by atoms with van der Waals surface area (Å²) in [6.45, 7) is 1.00. The van der Waals surface area contributed by atoms with Crippen molar-refractivity contribution in [1.29, 1.82) is 0 Å². The second-order valence-corrected chi connectivity index (χ2v) is 4.16. The molecule has 0 saturated heterocycles. The molecule has 0 atom stereocenters. The SMILES string of the molecule is CC(=O)S(=O)(=O)c1ccccn1. The molecule has 0 unspecified atom stereocenters. The van der Waals surface area contributed by atoms with Crippen molar-refractivity contribution in [3.63, 3.8) is 0 Å². The monoisotopic (exact) mass is 185 g/mol. The van der Waals surface area contributed by atoms with E-state index in [0.717, 1.165) is 6.92 Å². The molecule has 4 nitrogen and oxygen atoms in total. The van der Waals surface area contributed by atoms with Crippen molar-refractivity contribution >= 4 is 15.0 Å². The fourth-order valence-electron chi connectivity index (χ4n) is 0.653. The van der Waals surface area contributed by atoms with Crippen molar-refractivity contribution in [2.75, 3.05) is 0 Å². The number of nitrogens with zero attached hydrogens (tertiary/aromatic N) is 1. The first-order chi connectivity index (χ1) is 5.55. The third kappa shape index (κ3) is 1.50. The molecule has 0 spiro atoms. The lowest BCUT2D eigenvalue weighted by molar-refractivity contribution is -0.109. The largest absolute Gasteiger partial charge is 0.282 e. The zero-order valence-corrected chi connectivity index (χ0v) is 7.21. The van der Waals surface area contributed by atoms with Crippen molar-refractivity contribution in [2.24, 2.45) is 0 Å². The Kier molecular flexibility index (Phi) is 2.23. The highest BCUT2D eigenvalue weighted by Crippen LogP contribution is 2.06. The van der Waals surface area contributed by atoms with Gasteiger partial charge in [0.15, 0.2) is 5.03 Å². The molecule has 1 rings (SSSR count). The standard InChI is InChI=1S/C7H7NO3S/c1-6(9)12(10,11)7-4-2-3-5-8-7/h2-5H,1H3. The number of hydrogen-bond acceptors (Lipinski definition) is 4. The molecule has 0 fully saturated rings. The summed E-state index contributed by atoms with van der Waals surface area (Å²) in [5.74, 6) is 0. The summed E-state index contributed by atoms with van der Waals surface area (Å²) in [7, 11) is -3.83. The second-order valence-electron chi connectivity index (χ2n) is 2.16. The normalized spacial score (nSPS) is 11.1. The number of sulfone groups is 1. The maximum atomic E-state index is 11.1. The summed E-state index contributed by atoms with van der Waals surface area (Å²) in [4.78, 5) is 14.2. The van der Waals surface area contributed by atoms with E-state index in [9.17, 15) is 13.2 Å². The molecule has 0 aliphatic carbocycles. The van der Waals surface area contributed by atoms with Gasteiger partial charge >= 0.3 is 0 Å². The van der Waals surface area contributed by atoms with Crippen molar-refractivity contribution in [3.8, 4) is 0 Å². The van der Waals surface area contributed by atoms with Crippen LogP contribution in [0.4, 0.5) is 0 Å². The quantitative estimate of drug-likeness (QED) is 0.635. The third-order valence-electron chi connectivity index (χ3n) is 1.29. The number of carbonyl (C=O) groups excluding carboxylic acids is 1. The Labute approximate surface area is 70.2 Å². The summed E-state index contributed by atoms with van der Waals surface area (Å²) < 4.78 is 22.2. The number of hydrogen-bond donors (Lipinski definition) is 0. The Morgan fingerprint density at radius 3 is 2.50 bits per heavy atom. The Bertz CT molecular complexity index is 382. The Hall–Kier alpha value is -1.23. The first-order valence-electron chi connectivity index (χ1n) is 3.22. The lowest BCUT2D eigenvalue weighted by atomic mass is 10.5. The predicted molar refractivity (Wildman–Crippen MR) is 42.1 cm³/mol. The van der Waals surface area contributed by atoms with Gasteiger partial charge in [-0.3, -0.25) is 4.79 Å². The van der Waals surface area contributed by atoms with Gasteiger partial charge < -0.3 is 0 Å². The molecule has 1 heterocycles. The van der Waals surface area contributed by atoms with E-state index in [-0.39, 0.29) is 5.03 Å². The molecule has 0 saturated carbocycles. The van der Waals surface area contributed by atoms with Gasteiger partial charge in [0.2, 0.25) is 5.12 Å². The highest BCUT2D eigenvalue weighted by Gasteiger charge is 2.20. The molecule has 1 aromatic heterocycles. The van der Waals surface area contributed by atoms with Crippen molar-refractivity contribution < 1.29 is 13.2 Å². The average molecular weight is 185 g/mol. The topological polar surface area (TPSA) is 64.1 Å². The smallest absolute Gasteiger partial charge is 0.256 e. The van der Waals surface area contributed by atoms with Gasteiger partial charge in [0.25, 0.3) is 9.84 Å². The maximum absolute atomic E-state index is 11.1. The molecule has 12 heavy (non-hydrogen) atoms. The Morgan fingerprint density at radius 2 is 2.08 bits per heavy atom. The zero-order chi connectivity index (χ0) is 9.19. The molecule has 0 N–H and O–H groups in total. The molecule has 0 aliphatic rings. The summed E-state index contributed by atoms with van der Waals surface area (Å²) in [5, 5.41) is -1.08. The Balaban J connectivity index is 3.26. The average Bonchev–Trinajstić information content (AvgIpc) is 2.06. The molecule has 0 radical (unpaired) electrons. The minimum Gasteiger partial charge on any atom is -0.282 e. The van der Waals surface area contributed by atoms with Crippen LogP contribution in [-0.2, 0) is 14.6 Å². The van der Waals surface area contributed by atoms with Gasteiger partial charge in [0.05, 0.1) is 0 Å². The molecule has 0 aromatic carbocycles. The van der Waals surface area contributed by atoms with Crippen LogP contribution in [0.3, 0.4) is 0 Å². The molecule has 0 aliphatic heterocycles. The number of carbonyl (C=O) groups is 1. The van der Waals surface area contributed by atoms with E-state index in [1.165, 1.54) is 18.3 Å². The number of aromatic nitrogens is 1. The first-order valence-corrected chi connectivity index (χ1v) is 4.70. The van der Waals surface area contributed by atoms with Crippen molar-refractivity contribution in [3.05, 3.63) is 24.4 Å². The van der Waals surface area contributed by atoms with Gasteiger partial charge in [-0.25, -0.2) is 13.4 Å². The van der Waals surface area contributed by atoms with Crippen molar-refractivity contribution in [1.82, 2.24) is 4.98 Å². The van der Waals surface area contributed by atoms with E-state index >= 15 is 0 Å². The van der Waals surface area contributed by atoms with Gasteiger partial charge in [0, 0.05) is 13.1 Å². The molecular weight excluding hydrogens is 178 g/mol. The van der Waals surface area contributed by atoms with Gasteiger partial charge in [-0.15, -0.1) is 0 Å². The summed E-state index contributed by atoms with van der Waals surface area (Å²) >= 11 is 0. The number of rotatable bonds is 1. The van der Waals surface area contributed by atoms with E-state index in [1.807, 2.05) is 0 Å². The number of pyridine rings is 1. The second kappa shape index (κ2) is 3.02. The molecule has 5 heteroatoms. The molecule has 0 amide bonds. The van der Waals surface area contributed by atoms with Gasteiger partial charge in [-0.1, -0.05) is 6.07 Å². The fourth-order valence-corrected chi connectivity index (χ4v) is 1.41. The summed E-state index contributed by atoms with van der Waals surface area (Å²) in [6.07, 6.45) is 1.33. The highest BCUT2D eigenvalue weighted by molar-refractivity contribution is 8.06. The van der Waals surface area contributed by atoms with Crippen molar-refractivity contribution in [2.45, 2.75) is 11.9 Å². The lowest BCUT2D eigenvalue weighted by Gasteiger charge is -1.96. The summed E-state index contributed by atoms with van der Waals surface area (Å²) in [5.41, 5.74) is 0. The zero-order valence-electron chi connectivity index (χ0n) is 6.39. The van der Waals surface area contributed by atoms with E-state index in [2.05, 4.69) is 4.98 Å². The third-order valence-corrected chi connectivity index (χ3v) is 2.84.